The first-order valence-electron chi connectivity index (χ1n) is 6.63. The number of benzene rings is 2. The molecular formula is C16H11BrN2O4S. The molecule has 0 aromatic heterocycles. The zero-order valence-electron chi connectivity index (χ0n) is 12.4. The molecule has 0 amide bonds. The van der Waals surface area contributed by atoms with Crippen LogP contribution in [0.1, 0.15) is 11.1 Å². The highest BCUT2D eigenvalue weighted by Gasteiger charge is 2.21. The molecule has 2 aromatic rings. The highest BCUT2D eigenvalue weighted by Crippen LogP contribution is 2.28. The molecule has 0 saturated heterocycles. The molecule has 8 heteroatoms. The maximum Gasteiger partial charge on any atom is 0.284 e. The van der Waals surface area contributed by atoms with Crippen molar-refractivity contribution in [2.24, 2.45) is 0 Å². The van der Waals surface area contributed by atoms with Crippen LogP contribution in [0.2, 0.25) is 0 Å². The molecule has 0 radical (unpaired) electrons. The van der Waals surface area contributed by atoms with Crippen LogP contribution >= 0.6 is 15.9 Å². The molecule has 2 aromatic carbocycles. The van der Waals surface area contributed by atoms with Gasteiger partial charge in [-0.05, 0) is 52.7 Å². The number of halogens is 1. The van der Waals surface area contributed by atoms with Gasteiger partial charge in [-0.15, -0.1) is 0 Å². The number of nitriles is 1. The summed E-state index contributed by atoms with van der Waals surface area (Å²) in [6, 6.07) is 11.9. The van der Waals surface area contributed by atoms with Crippen LogP contribution in [0.4, 0.5) is 5.69 Å². The van der Waals surface area contributed by atoms with Crippen molar-refractivity contribution in [2.45, 2.75) is 11.8 Å². The Kier molecular flexibility index (Phi) is 5.17. The molecule has 0 heterocycles. The topological polar surface area (TPSA) is 101 Å². The number of sulfone groups is 1. The molecule has 0 aliphatic rings. The van der Waals surface area contributed by atoms with E-state index in [1.165, 1.54) is 30.3 Å². The zero-order valence-corrected chi connectivity index (χ0v) is 14.8. The molecule has 6 nitrogen and oxygen atoms in total. The summed E-state index contributed by atoms with van der Waals surface area (Å²) in [7, 11) is -3.99. The van der Waals surface area contributed by atoms with Gasteiger partial charge >= 0.3 is 0 Å². The second-order valence-electron chi connectivity index (χ2n) is 4.90. The smallest absolute Gasteiger partial charge is 0.258 e. The Morgan fingerprint density at radius 2 is 1.88 bits per heavy atom. The van der Waals surface area contributed by atoms with Crippen LogP contribution in [0.15, 0.2) is 56.7 Å². The molecule has 0 aliphatic carbocycles. The van der Waals surface area contributed by atoms with Gasteiger partial charge in [-0.1, -0.05) is 23.8 Å². The number of hydrogen-bond donors (Lipinski definition) is 0. The Hall–Kier alpha value is -2.50. The maximum atomic E-state index is 12.5. The number of nitro benzene ring substituents is 1. The minimum atomic E-state index is -3.99. The van der Waals surface area contributed by atoms with E-state index in [0.717, 1.165) is 11.6 Å². The van der Waals surface area contributed by atoms with Crippen LogP contribution in [-0.4, -0.2) is 13.3 Å². The number of rotatable bonds is 4. The van der Waals surface area contributed by atoms with Crippen LogP contribution < -0.4 is 0 Å². The Morgan fingerprint density at radius 3 is 2.42 bits per heavy atom. The minimum Gasteiger partial charge on any atom is -0.258 e. The summed E-state index contributed by atoms with van der Waals surface area (Å²) < 4.78 is 25.3. The molecule has 0 unspecified atom stereocenters. The molecule has 0 atom stereocenters. The van der Waals surface area contributed by atoms with Gasteiger partial charge in [-0.25, -0.2) is 8.42 Å². The highest BCUT2D eigenvalue weighted by molar-refractivity contribution is 9.10. The summed E-state index contributed by atoms with van der Waals surface area (Å²) in [5.74, 6) is 0. The first-order valence-corrected chi connectivity index (χ1v) is 8.91. The lowest BCUT2D eigenvalue weighted by Crippen LogP contribution is -2.03. The van der Waals surface area contributed by atoms with Gasteiger partial charge in [0, 0.05) is 6.07 Å². The van der Waals surface area contributed by atoms with Gasteiger partial charge in [0.2, 0.25) is 9.84 Å². The van der Waals surface area contributed by atoms with Crippen molar-refractivity contribution < 1.29 is 13.3 Å². The third-order valence-corrected chi connectivity index (χ3v) is 5.55. The molecule has 0 aliphatic heterocycles. The van der Waals surface area contributed by atoms with Crippen molar-refractivity contribution >= 4 is 37.5 Å². The maximum absolute atomic E-state index is 12.5. The molecule has 0 N–H and O–H groups in total. The number of aryl methyl sites for hydroxylation is 1. The standard InChI is InChI=1S/C16H11BrN2O4S/c1-11-2-5-13(6-3-11)24(22,23)14(10-18)8-12-4-7-15(17)16(9-12)19(20)21/h2-9H,1H3/b14-8+. The summed E-state index contributed by atoms with van der Waals surface area (Å²) in [4.78, 5) is 9.87. The van der Waals surface area contributed by atoms with Gasteiger partial charge in [0.15, 0.2) is 0 Å². The average Bonchev–Trinajstić information content (AvgIpc) is 2.54. The molecule has 122 valence electrons. The number of hydrogen-bond acceptors (Lipinski definition) is 5. The van der Waals surface area contributed by atoms with Crippen molar-refractivity contribution in [1.29, 1.82) is 5.26 Å². The molecular weight excluding hydrogens is 396 g/mol. The van der Waals surface area contributed by atoms with Crippen molar-refractivity contribution in [3.63, 3.8) is 0 Å². The predicted molar refractivity (Wildman–Crippen MR) is 92.8 cm³/mol. The summed E-state index contributed by atoms with van der Waals surface area (Å²) in [6.45, 7) is 1.82. The summed E-state index contributed by atoms with van der Waals surface area (Å²) in [5.41, 5.74) is 0.922. The van der Waals surface area contributed by atoms with E-state index >= 15 is 0 Å². The second kappa shape index (κ2) is 6.95. The third-order valence-electron chi connectivity index (χ3n) is 3.20. The molecule has 0 saturated carbocycles. The van der Waals surface area contributed by atoms with Crippen LogP contribution in [0.3, 0.4) is 0 Å². The number of nitrogens with zero attached hydrogens (tertiary/aromatic N) is 2. The normalized spacial score (nSPS) is 11.8. The van der Waals surface area contributed by atoms with Crippen LogP contribution in [0.25, 0.3) is 6.08 Å². The Balaban J connectivity index is 2.54. The van der Waals surface area contributed by atoms with E-state index in [0.29, 0.717) is 0 Å². The largest absolute Gasteiger partial charge is 0.284 e. The Bertz CT molecular complexity index is 974. The van der Waals surface area contributed by atoms with Crippen LogP contribution in [0, 0.1) is 28.4 Å². The molecule has 24 heavy (non-hydrogen) atoms. The van der Waals surface area contributed by atoms with Crippen molar-refractivity contribution in [2.75, 3.05) is 0 Å². The van der Waals surface area contributed by atoms with Gasteiger partial charge in [0.25, 0.3) is 5.69 Å². The average molecular weight is 407 g/mol. The molecule has 0 bridgehead atoms. The van der Waals surface area contributed by atoms with Crippen LogP contribution in [-0.2, 0) is 9.84 Å². The van der Waals surface area contributed by atoms with E-state index in [1.807, 2.05) is 6.92 Å². The van der Waals surface area contributed by atoms with E-state index in [4.69, 9.17) is 0 Å². The second-order valence-corrected chi connectivity index (χ2v) is 7.68. The van der Waals surface area contributed by atoms with E-state index in [2.05, 4.69) is 15.9 Å². The Morgan fingerprint density at radius 1 is 1.25 bits per heavy atom. The number of nitro groups is 1. The van der Waals surface area contributed by atoms with Gasteiger partial charge in [-0.3, -0.25) is 10.1 Å². The predicted octanol–water partition coefficient (Wildman–Crippen LogP) is 4.00. The quantitative estimate of drug-likeness (QED) is 0.433. The minimum absolute atomic E-state index is 0.00693. The van der Waals surface area contributed by atoms with Crippen molar-refractivity contribution in [3.8, 4) is 6.07 Å². The van der Waals surface area contributed by atoms with E-state index in [9.17, 15) is 23.8 Å². The molecule has 2 rings (SSSR count). The Labute approximate surface area is 147 Å². The summed E-state index contributed by atoms with van der Waals surface area (Å²) in [6.07, 6.45) is 1.12. The fourth-order valence-corrected chi connectivity index (χ4v) is 3.48. The summed E-state index contributed by atoms with van der Waals surface area (Å²) in [5, 5.41) is 20.2. The number of allylic oxidation sites excluding steroid dienone is 1. The lowest BCUT2D eigenvalue weighted by atomic mass is 10.2. The monoisotopic (exact) mass is 406 g/mol. The molecule has 0 spiro atoms. The van der Waals surface area contributed by atoms with E-state index < -0.39 is 19.7 Å². The van der Waals surface area contributed by atoms with E-state index in [1.54, 1.807) is 18.2 Å². The fraction of sp³-hybridized carbons (Fsp3) is 0.0625. The molecule has 0 fully saturated rings. The van der Waals surface area contributed by atoms with Crippen molar-refractivity contribution in [3.05, 3.63) is 73.1 Å². The summed E-state index contributed by atoms with van der Waals surface area (Å²) >= 11 is 3.05. The van der Waals surface area contributed by atoms with Gasteiger partial charge in [-0.2, -0.15) is 5.26 Å². The highest BCUT2D eigenvalue weighted by atomic mass is 79.9. The lowest BCUT2D eigenvalue weighted by Gasteiger charge is -2.04. The van der Waals surface area contributed by atoms with E-state index in [-0.39, 0.29) is 20.6 Å². The van der Waals surface area contributed by atoms with Gasteiger partial charge < -0.3 is 0 Å². The van der Waals surface area contributed by atoms with Gasteiger partial charge in [0.05, 0.1) is 14.3 Å². The fourth-order valence-electron chi connectivity index (χ4n) is 1.93. The first-order chi connectivity index (χ1) is 11.3. The SMILES string of the molecule is Cc1ccc(S(=O)(=O)/C(C#N)=C/c2ccc(Br)c([N+](=O)[O-])c2)cc1. The van der Waals surface area contributed by atoms with Crippen LogP contribution in [0.5, 0.6) is 0 Å². The zero-order chi connectivity index (χ0) is 17.9. The van der Waals surface area contributed by atoms with Gasteiger partial charge in [0.1, 0.15) is 11.0 Å². The lowest BCUT2D eigenvalue weighted by molar-refractivity contribution is -0.385. The third kappa shape index (κ3) is 3.69. The van der Waals surface area contributed by atoms with Crippen molar-refractivity contribution in [1.82, 2.24) is 0 Å². The first kappa shape index (κ1) is 17.8.